The minimum absolute atomic E-state index is 0.530. The van der Waals surface area contributed by atoms with E-state index in [0.29, 0.717) is 119 Å². The van der Waals surface area contributed by atoms with Crippen molar-refractivity contribution in [3.63, 3.8) is 0 Å². The number of halogens is 1. The van der Waals surface area contributed by atoms with Crippen molar-refractivity contribution in [2.75, 3.05) is 138 Å². The van der Waals surface area contributed by atoms with Crippen molar-refractivity contribution < 1.29 is 47.4 Å². The molecule has 0 bridgehead atoms. The van der Waals surface area contributed by atoms with Gasteiger partial charge in [-0.1, -0.05) is 116 Å². The maximum atomic E-state index is 5.70. The lowest BCUT2D eigenvalue weighted by Crippen LogP contribution is -2.15. The second-order valence-corrected chi connectivity index (χ2v) is 13.9. The van der Waals surface area contributed by atoms with Crippen molar-refractivity contribution in [3.05, 3.63) is 0 Å². The van der Waals surface area contributed by atoms with Crippen LogP contribution in [0.4, 0.5) is 0 Å². The number of rotatable bonds is 50. The Morgan fingerprint density at radius 2 is 0.377 bits per heavy atom. The number of alkyl halides is 1. The van der Waals surface area contributed by atoms with E-state index in [1.165, 1.54) is 109 Å². The predicted molar refractivity (Wildman–Crippen MR) is 217 cm³/mol. The largest absolute Gasteiger partial charge is 0.379 e. The molecule has 0 saturated heterocycles. The third-order valence-corrected chi connectivity index (χ3v) is 8.93. The number of hydrogen-bond donors (Lipinski definition) is 0. The van der Waals surface area contributed by atoms with E-state index in [4.69, 9.17) is 59.0 Å². The molecule has 0 N–H and O–H groups in total. The summed E-state index contributed by atoms with van der Waals surface area (Å²) in [7, 11) is 0. The first-order valence-corrected chi connectivity index (χ1v) is 22.3. The van der Waals surface area contributed by atoms with Crippen LogP contribution in [-0.2, 0) is 47.4 Å². The van der Waals surface area contributed by atoms with Crippen molar-refractivity contribution in [1.82, 2.24) is 0 Å². The highest BCUT2D eigenvalue weighted by atomic mass is 35.5. The maximum Gasteiger partial charge on any atom is 0.0701 e. The van der Waals surface area contributed by atoms with Crippen LogP contribution in [0.2, 0.25) is 0 Å². The predicted octanol–water partition coefficient (Wildman–Crippen LogP) is 9.21. The lowest BCUT2D eigenvalue weighted by atomic mass is 10.0. The van der Waals surface area contributed by atoms with E-state index in [1.807, 2.05) is 0 Å². The van der Waals surface area contributed by atoms with Gasteiger partial charge in [0.2, 0.25) is 0 Å². The van der Waals surface area contributed by atoms with Gasteiger partial charge in [-0.3, -0.25) is 0 Å². The molecule has 0 aliphatic rings. The minimum atomic E-state index is 0.530. The Bertz CT molecular complexity index is 572. The van der Waals surface area contributed by atoms with Crippen molar-refractivity contribution in [1.29, 1.82) is 0 Å². The average Bonchev–Trinajstić information content (AvgIpc) is 3.17. The van der Waals surface area contributed by atoms with Crippen molar-refractivity contribution in [3.8, 4) is 0 Å². The monoisotopic (exact) mass is 785 g/mol. The summed E-state index contributed by atoms with van der Waals surface area (Å²) >= 11 is 5.66. The summed E-state index contributed by atoms with van der Waals surface area (Å²) in [6.07, 6.45) is 26.7. The fourth-order valence-corrected chi connectivity index (χ4v) is 5.67. The van der Waals surface area contributed by atoms with Crippen LogP contribution in [0.25, 0.3) is 0 Å². The van der Waals surface area contributed by atoms with E-state index >= 15 is 0 Å². The summed E-state index contributed by atoms with van der Waals surface area (Å²) in [5, 5.41) is 0. The van der Waals surface area contributed by atoms with Crippen LogP contribution in [-0.4, -0.2) is 138 Å². The molecule has 0 aromatic carbocycles. The van der Waals surface area contributed by atoms with Crippen LogP contribution in [0.1, 0.15) is 135 Å². The van der Waals surface area contributed by atoms with Crippen LogP contribution >= 0.6 is 11.6 Å². The summed E-state index contributed by atoms with van der Waals surface area (Å²) in [6.45, 7) is 14.0. The molecule has 10 nitrogen and oxygen atoms in total. The third kappa shape index (κ3) is 51.9. The van der Waals surface area contributed by atoms with Crippen LogP contribution in [0.15, 0.2) is 0 Å². The molecule has 0 rings (SSSR count). The lowest BCUT2D eigenvalue weighted by molar-refractivity contribution is -0.0264. The summed E-state index contributed by atoms with van der Waals surface area (Å²) < 4.78 is 55.4. The quantitative estimate of drug-likeness (QED) is 0.0439. The van der Waals surface area contributed by atoms with E-state index < -0.39 is 0 Å². The van der Waals surface area contributed by atoms with Crippen LogP contribution in [0.5, 0.6) is 0 Å². The van der Waals surface area contributed by atoms with Gasteiger partial charge in [-0.05, 0) is 19.3 Å². The molecule has 320 valence electrons. The van der Waals surface area contributed by atoms with Gasteiger partial charge in [0.1, 0.15) is 0 Å². The topological polar surface area (TPSA) is 92.3 Å². The van der Waals surface area contributed by atoms with E-state index in [2.05, 4.69) is 6.92 Å². The minimum Gasteiger partial charge on any atom is -0.379 e. The molecule has 0 fully saturated rings. The lowest BCUT2D eigenvalue weighted by Gasteiger charge is -2.09. The number of unbranched alkanes of at least 4 members (excludes halogenated alkanes) is 18. The maximum absolute atomic E-state index is 5.70. The van der Waals surface area contributed by atoms with Gasteiger partial charge >= 0.3 is 0 Å². The fourth-order valence-electron chi connectivity index (χ4n) is 5.49. The van der Waals surface area contributed by atoms with Crippen LogP contribution in [0.3, 0.4) is 0 Å². The highest BCUT2D eigenvalue weighted by Gasteiger charge is 1.98. The van der Waals surface area contributed by atoms with E-state index in [1.54, 1.807) is 0 Å². The average molecular weight is 786 g/mol. The van der Waals surface area contributed by atoms with Gasteiger partial charge in [0.25, 0.3) is 0 Å². The molecular formula is C42H85ClO10. The van der Waals surface area contributed by atoms with E-state index in [-0.39, 0.29) is 0 Å². The Kier molecular flexibility index (Phi) is 51.8. The molecule has 11 heteroatoms. The van der Waals surface area contributed by atoms with Gasteiger partial charge in [0.05, 0.1) is 119 Å². The highest BCUT2D eigenvalue weighted by molar-refractivity contribution is 6.17. The summed E-state index contributed by atoms with van der Waals surface area (Å²) in [5.41, 5.74) is 0. The Morgan fingerprint density at radius 3 is 0.585 bits per heavy atom. The van der Waals surface area contributed by atoms with E-state index in [9.17, 15) is 0 Å². The smallest absolute Gasteiger partial charge is 0.0701 e. The number of ether oxygens (including phenoxy) is 10. The Morgan fingerprint density at radius 1 is 0.208 bits per heavy atom. The number of hydrogen-bond acceptors (Lipinski definition) is 10. The first kappa shape index (κ1) is 52.9. The molecule has 0 aromatic rings. The molecule has 0 amide bonds. The molecule has 0 aliphatic heterocycles. The van der Waals surface area contributed by atoms with Crippen LogP contribution < -0.4 is 0 Å². The zero-order chi connectivity index (χ0) is 38.1. The molecule has 53 heavy (non-hydrogen) atoms. The molecule has 0 radical (unpaired) electrons. The zero-order valence-corrected chi connectivity index (χ0v) is 35.2. The zero-order valence-electron chi connectivity index (χ0n) is 34.5. The van der Waals surface area contributed by atoms with Crippen LogP contribution in [0, 0.1) is 0 Å². The summed E-state index contributed by atoms with van der Waals surface area (Å²) in [5.74, 6) is 0.747. The van der Waals surface area contributed by atoms with Crippen molar-refractivity contribution in [2.45, 2.75) is 135 Å². The molecule has 0 heterocycles. The Balaban J connectivity index is 3.05. The first-order valence-electron chi connectivity index (χ1n) is 21.7. The highest BCUT2D eigenvalue weighted by Crippen LogP contribution is 2.13. The molecule has 0 spiro atoms. The molecule has 0 atom stereocenters. The SMILES string of the molecule is CCCCCCCCCCCCCCCCCCOCCOCCOCCOCCOCCOCCOCCOCCOCCOCCCCCCCl. The summed E-state index contributed by atoms with van der Waals surface area (Å²) in [4.78, 5) is 0. The fraction of sp³-hybridized carbons (Fsp3) is 1.00. The van der Waals surface area contributed by atoms with Gasteiger partial charge in [0.15, 0.2) is 0 Å². The second-order valence-electron chi connectivity index (χ2n) is 13.5. The molecule has 0 aliphatic carbocycles. The molecule has 0 saturated carbocycles. The standard InChI is InChI=1S/C42H85ClO10/c1-2-3-4-5-6-7-8-9-10-11-12-13-14-15-17-20-23-44-25-27-46-29-31-48-33-35-50-37-39-52-41-42-53-40-38-51-36-34-49-32-30-47-28-26-45-24-21-18-16-19-22-43/h2-42H2,1H3. The molecule has 0 unspecified atom stereocenters. The van der Waals surface area contributed by atoms with Gasteiger partial charge < -0.3 is 47.4 Å². The Hall–Kier alpha value is -0.110. The van der Waals surface area contributed by atoms with Crippen molar-refractivity contribution >= 4 is 11.6 Å². The van der Waals surface area contributed by atoms with Gasteiger partial charge in [-0.2, -0.15) is 0 Å². The third-order valence-electron chi connectivity index (χ3n) is 8.66. The van der Waals surface area contributed by atoms with Gasteiger partial charge in [-0.15, -0.1) is 11.6 Å². The van der Waals surface area contributed by atoms with Gasteiger partial charge in [0, 0.05) is 19.1 Å². The second kappa shape index (κ2) is 51.9. The Labute approximate surface area is 331 Å². The van der Waals surface area contributed by atoms with Crippen molar-refractivity contribution in [2.24, 2.45) is 0 Å². The first-order chi connectivity index (χ1) is 26.4. The van der Waals surface area contributed by atoms with E-state index in [0.717, 1.165) is 38.4 Å². The molecule has 0 aromatic heterocycles. The normalized spacial score (nSPS) is 11.7. The molecular weight excluding hydrogens is 700 g/mol. The van der Waals surface area contributed by atoms with Gasteiger partial charge in [-0.25, -0.2) is 0 Å². The summed E-state index contributed by atoms with van der Waals surface area (Å²) in [6, 6.07) is 0.